The molecule has 1 aliphatic heterocycles. The van der Waals surface area contributed by atoms with E-state index in [0.29, 0.717) is 30.3 Å². The zero-order valence-corrected chi connectivity index (χ0v) is 10.9. The van der Waals surface area contributed by atoms with Crippen molar-refractivity contribution in [1.29, 1.82) is 0 Å². The van der Waals surface area contributed by atoms with Crippen LogP contribution in [0.25, 0.3) is 0 Å². The Hall–Kier alpha value is -1.63. The summed E-state index contributed by atoms with van der Waals surface area (Å²) in [5.41, 5.74) is 1.60. The van der Waals surface area contributed by atoms with Gasteiger partial charge in [-0.25, -0.2) is 0 Å². The molecule has 1 aliphatic rings. The van der Waals surface area contributed by atoms with E-state index >= 15 is 0 Å². The summed E-state index contributed by atoms with van der Waals surface area (Å²) in [5, 5.41) is 13.8. The molecule has 1 aromatic carbocycles. The fraction of sp³-hybridized carbons (Fsp3) is 0.455. The minimum atomic E-state index is -0.747. The average molecular weight is 269 g/mol. The van der Waals surface area contributed by atoms with Gasteiger partial charge in [0.25, 0.3) is 5.69 Å². The number of non-ortho nitro benzene ring substituents is 1. The first-order chi connectivity index (χ1) is 8.60. The Morgan fingerprint density at radius 3 is 2.56 bits per heavy atom. The van der Waals surface area contributed by atoms with Gasteiger partial charge in [-0.2, -0.15) is 0 Å². The van der Waals surface area contributed by atoms with Crippen molar-refractivity contribution in [3.8, 4) is 0 Å². The van der Waals surface area contributed by atoms with E-state index in [9.17, 15) is 14.3 Å². The maximum absolute atomic E-state index is 11.3. The summed E-state index contributed by atoms with van der Waals surface area (Å²) < 4.78 is 11.3. The summed E-state index contributed by atoms with van der Waals surface area (Å²) >= 11 is 0. The van der Waals surface area contributed by atoms with Gasteiger partial charge in [0.15, 0.2) is 0 Å². The maximum atomic E-state index is 11.3. The highest BCUT2D eigenvalue weighted by Crippen LogP contribution is 2.27. The van der Waals surface area contributed by atoms with Crippen LogP contribution in [-0.4, -0.2) is 40.8 Å². The third-order valence-corrected chi connectivity index (χ3v) is 4.22. The number of nitrogens with one attached hydrogen (secondary N) is 1. The zero-order valence-electron chi connectivity index (χ0n) is 10.1. The van der Waals surface area contributed by atoms with Gasteiger partial charge in [-0.05, 0) is 6.07 Å². The topological polar surface area (TPSA) is 75.5 Å². The van der Waals surface area contributed by atoms with Gasteiger partial charge in [-0.1, -0.05) is 0 Å². The van der Waals surface area contributed by atoms with Crippen LogP contribution in [0, 0.1) is 10.1 Å². The molecule has 0 aliphatic carbocycles. The molecule has 0 aromatic heterocycles. The lowest BCUT2D eigenvalue weighted by molar-refractivity contribution is -0.384. The summed E-state index contributed by atoms with van der Waals surface area (Å²) in [5.74, 6) is 1.25. The first-order valence-corrected chi connectivity index (χ1v) is 7.16. The number of benzene rings is 1. The highest BCUT2D eigenvalue weighted by atomic mass is 32.2. The molecular formula is C11H15N3O3S. The molecule has 7 heteroatoms. The van der Waals surface area contributed by atoms with Crippen molar-refractivity contribution in [2.45, 2.75) is 0 Å². The molecule has 0 unspecified atom stereocenters. The summed E-state index contributed by atoms with van der Waals surface area (Å²) in [7, 11) is 0.983. The Labute approximate surface area is 108 Å². The van der Waals surface area contributed by atoms with E-state index in [1.165, 1.54) is 6.07 Å². The SMILES string of the molecule is CNc1cc(N2CCS(=O)CC2)cc([N+](=O)[O-])c1. The molecule has 0 spiro atoms. The number of rotatable bonds is 3. The van der Waals surface area contributed by atoms with E-state index in [-0.39, 0.29) is 5.69 Å². The van der Waals surface area contributed by atoms with Gasteiger partial charge >= 0.3 is 0 Å². The van der Waals surface area contributed by atoms with Gasteiger partial charge in [0, 0.05) is 65.9 Å². The van der Waals surface area contributed by atoms with Gasteiger partial charge in [0.2, 0.25) is 0 Å². The van der Waals surface area contributed by atoms with Crippen LogP contribution in [0.1, 0.15) is 0 Å². The van der Waals surface area contributed by atoms with Crippen LogP contribution in [0.4, 0.5) is 17.1 Å². The summed E-state index contributed by atoms with van der Waals surface area (Å²) in [6.07, 6.45) is 0. The summed E-state index contributed by atoms with van der Waals surface area (Å²) in [4.78, 5) is 12.5. The van der Waals surface area contributed by atoms with Gasteiger partial charge in [0.05, 0.1) is 4.92 Å². The smallest absolute Gasteiger partial charge is 0.273 e. The molecule has 1 fully saturated rings. The van der Waals surface area contributed by atoms with Crippen LogP contribution >= 0.6 is 0 Å². The fourth-order valence-electron chi connectivity index (χ4n) is 1.92. The number of nitrogens with zero attached hydrogens (tertiary/aromatic N) is 2. The van der Waals surface area contributed by atoms with E-state index in [1.54, 1.807) is 13.1 Å². The van der Waals surface area contributed by atoms with Crippen molar-refractivity contribution in [1.82, 2.24) is 0 Å². The Kier molecular flexibility index (Phi) is 3.81. The van der Waals surface area contributed by atoms with Crippen molar-refractivity contribution in [2.24, 2.45) is 0 Å². The van der Waals surface area contributed by atoms with E-state index in [0.717, 1.165) is 5.69 Å². The molecule has 2 rings (SSSR count). The average Bonchev–Trinajstić information content (AvgIpc) is 2.39. The molecule has 1 N–H and O–H groups in total. The molecule has 6 nitrogen and oxygen atoms in total. The number of anilines is 2. The second-order valence-electron chi connectivity index (χ2n) is 4.08. The fourth-order valence-corrected chi connectivity index (χ4v) is 2.98. The van der Waals surface area contributed by atoms with Crippen LogP contribution in [0.2, 0.25) is 0 Å². The van der Waals surface area contributed by atoms with Crippen molar-refractivity contribution in [2.75, 3.05) is 41.9 Å². The van der Waals surface area contributed by atoms with Crippen molar-refractivity contribution in [3.63, 3.8) is 0 Å². The highest BCUT2D eigenvalue weighted by Gasteiger charge is 2.18. The molecule has 18 heavy (non-hydrogen) atoms. The van der Waals surface area contributed by atoms with Gasteiger partial charge < -0.3 is 10.2 Å². The van der Waals surface area contributed by atoms with Gasteiger partial charge in [-0.3, -0.25) is 14.3 Å². The molecule has 1 aromatic rings. The minimum Gasteiger partial charge on any atom is -0.388 e. The molecule has 0 saturated carbocycles. The normalized spacial score (nSPS) is 16.6. The van der Waals surface area contributed by atoms with E-state index < -0.39 is 15.7 Å². The van der Waals surface area contributed by atoms with Gasteiger partial charge in [0.1, 0.15) is 0 Å². The molecule has 0 amide bonds. The molecular weight excluding hydrogens is 254 g/mol. The van der Waals surface area contributed by atoms with E-state index in [4.69, 9.17) is 0 Å². The third-order valence-electron chi connectivity index (χ3n) is 2.94. The predicted octanol–water partition coefficient (Wildman–Crippen LogP) is 1.21. The Morgan fingerprint density at radius 2 is 2.00 bits per heavy atom. The van der Waals surface area contributed by atoms with Crippen molar-refractivity contribution in [3.05, 3.63) is 28.3 Å². The van der Waals surface area contributed by atoms with Crippen molar-refractivity contribution >= 4 is 27.9 Å². The minimum absolute atomic E-state index is 0.0727. The molecule has 0 radical (unpaired) electrons. The number of hydrogen-bond acceptors (Lipinski definition) is 5. The molecule has 0 bridgehead atoms. The lowest BCUT2D eigenvalue weighted by atomic mass is 10.2. The zero-order chi connectivity index (χ0) is 13.1. The first kappa shape index (κ1) is 12.8. The molecule has 1 heterocycles. The largest absolute Gasteiger partial charge is 0.388 e. The van der Waals surface area contributed by atoms with Crippen molar-refractivity contribution < 1.29 is 9.13 Å². The quantitative estimate of drug-likeness (QED) is 0.659. The molecule has 98 valence electrons. The number of hydrogen-bond donors (Lipinski definition) is 1. The maximum Gasteiger partial charge on any atom is 0.273 e. The molecule has 0 atom stereocenters. The summed E-state index contributed by atoms with van der Waals surface area (Å²) in [6.45, 7) is 1.36. The lowest BCUT2D eigenvalue weighted by Crippen LogP contribution is -2.37. The highest BCUT2D eigenvalue weighted by molar-refractivity contribution is 7.85. The van der Waals surface area contributed by atoms with E-state index in [1.807, 2.05) is 11.0 Å². The van der Waals surface area contributed by atoms with Crippen LogP contribution in [-0.2, 0) is 10.8 Å². The second-order valence-corrected chi connectivity index (χ2v) is 5.78. The lowest BCUT2D eigenvalue weighted by Gasteiger charge is -2.28. The summed E-state index contributed by atoms with van der Waals surface area (Å²) in [6, 6.07) is 4.95. The Bertz CT molecular complexity index is 482. The third kappa shape index (κ3) is 2.79. The number of nitro benzene ring substituents is 1. The Morgan fingerprint density at radius 1 is 1.33 bits per heavy atom. The second kappa shape index (κ2) is 5.34. The first-order valence-electron chi connectivity index (χ1n) is 5.67. The number of nitro groups is 1. The van der Waals surface area contributed by atoms with Crippen LogP contribution in [0.15, 0.2) is 18.2 Å². The standard InChI is InChI=1S/C11H15N3O3S/c1-12-9-6-10(8-11(7-9)14(15)16)13-2-4-18(17)5-3-13/h6-8,12H,2-5H2,1H3. The van der Waals surface area contributed by atoms with E-state index in [2.05, 4.69) is 5.32 Å². The molecule has 1 saturated heterocycles. The van der Waals surface area contributed by atoms with Crippen LogP contribution in [0.5, 0.6) is 0 Å². The van der Waals surface area contributed by atoms with Crippen LogP contribution < -0.4 is 10.2 Å². The van der Waals surface area contributed by atoms with Crippen LogP contribution in [0.3, 0.4) is 0 Å². The monoisotopic (exact) mass is 269 g/mol. The Balaban J connectivity index is 2.29. The van der Waals surface area contributed by atoms with Gasteiger partial charge in [-0.15, -0.1) is 0 Å². The predicted molar refractivity (Wildman–Crippen MR) is 72.7 cm³/mol.